The number of anilines is 1. The third-order valence-electron chi connectivity index (χ3n) is 4.47. The van der Waals surface area contributed by atoms with E-state index in [0.717, 1.165) is 4.88 Å². The lowest BCUT2D eigenvalue weighted by atomic mass is 9.99. The lowest BCUT2D eigenvalue weighted by molar-refractivity contribution is -0.384. The number of non-ortho nitro benzene ring substituents is 1. The van der Waals surface area contributed by atoms with E-state index in [0.29, 0.717) is 18.4 Å². The van der Waals surface area contributed by atoms with E-state index in [1.165, 1.54) is 49.8 Å². The summed E-state index contributed by atoms with van der Waals surface area (Å²) in [6.07, 6.45) is 1.10. The number of nitrogens with zero attached hydrogens (tertiary/aromatic N) is 1. The highest BCUT2D eigenvalue weighted by molar-refractivity contribution is 7.17. The van der Waals surface area contributed by atoms with Crippen LogP contribution in [0.5, 0.6) is 0 Å². The summed E-state index contributed by atoms with van der Waals surface area (Å²) in [4.78, 5) is 47.9. The molecule has 0 bridgehead atoms. The van der Waals surface area contributed by atoms with Crippen LogP contribution >= 0.6 is 11.3 Å². The summed E-state index contributed by atoms with van der Waals surface area (Å²) in [6, 6.07) is 5.09. The summed E-state index contributed by atoms with van der Waals surface area (Å²) >= 11 is 1.21. The molecule has 1 aliphatic carbocycles. The Hall–Kier alpha value is -3.27. The molecule has 1 aromatic carbocycles. The number of esters is 2. The molecule has 0 fully saturated rings. The van der Waals surface area contributed by atoms with Crippen LogP contribution in [-0.2, 0) is 20.7 Å². The van der Waals surface area contributed by atoms with Crippen molar-refractivity contribution in [3.8, 4) is 0 Å². The van der Waals surface area contributed by atoms with Crippen LogP contribution in [0.4, 0.5) is 10.7 Å². The molecule has 1 atom stereocenters. The normalized spacial score (nSPS) is 14.9. The first-order chi connectivity index (χ1) is 13.4. The zero-order valence-electron chi connectivity index (χ0n) is 15.0. The first kappa shape index (κ1) is 19.5. The molecule has 146 valence electrons. The van der Waals surface area contributed by atoms with Crippen molar-refractivity contribution in [1.82, 2.24) is 0 Å². The fourth-order valence-corrected chi connectivity index (χ4v) is 4.41. The maximum absolute atomic E-state index is 12.5. The van der Waals surface area contributed by atoms with E-state index in [1.807, 2.05) is 0 Å². The number of thiophene rings is 1. The number of methoxy groups -OCH3 is 2. The molecule has 0 unspecified atom stereocenters. The Morgan fingerprint density at radius 1 is 1.18 bits per heavy atom. The topological polar surface area (TPSA) is 125 Å². The molecule has 1 N–H and O–H groups in total. The first-order valence-corrected chi connectivity index (χ1v) is 9.06. The van der Waals surface area contributed by atoms with E-state index in [-0.39, 0.29) is 21.8 Å². The predicted octanol–water partition coefficient (Wildman–Crippen LogP) is 2.90. The standard InChI is InChI=1S/C18H16N2O7S/c1-26-17(22)11-7-8-12-13(11)14(18(23)27-2)16(28-12)19-15(21)9-3-5-10(6-4-9)20(24)25/h3-6,11H,7-8H2,1-2H3,(H,19,21)/t11-/m1/s1. The van der Waals surface area contributed by atoms with Gasteiger partial charge in [-0.2, -0.15) is 0 Å². The number of fused-ring (bicyclic) bond motifs is 1. The lowest BCUT2D eigenvalue weighted by Crippen LogP contribution is -2.17. The Balaban J connectivity index is 1.94. The van der Waals surface area contributed by atoms with E-state index in [2.05, 4.69) is 5.32 Å². The van der Waals surface area contributed by atoms with Gasteiger partial charge in [-0.15, -0.1) is 11.3 Å². The van der Waals surface area contributed by atoms with E-state index in [9.17, 15) is 24.5 Å². The van der Waals surface area contributed by atoms with Gasteiger partial charge in [0, 0.05) is 22.6 Å². The number of rotatable bonds is 5. The smallest absolute Gasteiger partial charge is 0.341 e. The minimum atomic E-state index is -0.660. The number of ether oxygens (including phenoxy) is 2. The van der Waals surface area contributed by atoms with Crippen molar-refractivity contribution in [2.24, 2.45) is 0 Å². The number of nitrogens with one attached hydrogen (secondary N) is 1. The van der Waals surface area contributed by atoms with Gasteiger partial charge in [-0.05, 0) is 30.5 Å². The summed E-state index contributed by atoms with van der Waals surface area (Å²) in [5.74, 6) is -2.23. The van der Waals surface area contributed by atoms with Crippen LogP contribution in [0.2, 0.25) is 0 Å². The van der Waals surface area contributed by atoms with Crippen LogP contribution in [0.3, 0.4) is 0 Å². The van der Waals surface area contributed by atoms with E-state index in [1.54, 1.807) is 0 Å². The van der Waals surface area contributed by atoms with Crippen LogP contribution in [-0.4, -0.2) is 37.0 Å². The number of amides is 1. The minimum absolute atomic E-state index is 0.136. The third kappa shape index (κ3) is 3.46. The predicted molar refractivity (Wildman–Crippen MR) is 99.8 cm³/mol. The molecule has 1 aliphatic rings. The largest absolute Gasteiger partial charge is 0.469 e. The average Bonchev–Trinajstić information content (AvgIpc) is 3.25. The van der Waals surface area contributed by atoms with Gasteiger partial charge in [-0.1, -0.05) is 0 Å². The molecule has 1 aromatic heterocycles. The summed E-state index contributed by atoms with van der Waals surface area (Å²) in [6.45, 7) is 0. The SMILES string of the molecule is COC(=O)c1c(NC(=O)c2ccc([N+](=O)[O-])cc2)sc2c1[C@H](C(=O)OC)CC2. The van der Waals surface area contributed by atoms with Crippen molar-refractivity contribution < 1.29 is 28.8 Å². The van der Waals surface area contributed by atoms with E-state index < -0.39 is 28.7 Å². The quantitative estimate of drug-likeness (QED) is 0.461. The molecule has 9 nitrogen and oxygen atoms in total. The highest BCUT2D eigenvalue weighted by Crippen LogP contribution is 2.46. The van der Waals surface area contributed by atoms with Gasteiger partial charge >= 0.3 is 11.9 Å². The van der Waals surface area contributed by atoms with Crippen molar-refractivity contribution in [3.63, 3.8) is 0 Å². The average molecular weight is 404 g/mol. The number of carbonyl (C=O) groups excluding carboxylic acids is 3. The highest BCUT2D eigenvalue weighted by atomic mass is 32.1. The zero-order valence-corrected chi connectivity index (χ0v) is 15.8. The van der Waals surface area contributed by atoms with Crippen LogP contribution in [0.1, 0.15) is 43.5 Å². The molecule has 28 heavy (non-hydrogen) atoms. The first-order valence-electron chi connectivity index (χ1n) is 8.24. The van der Waals surface area contributed by atoms with Crippen molar-refractivity contribution in [2.75, 3.05) is 19.5 Å². The molecule has 0 radical (unpaired) electrons. The Morgan fingerprint density at radius 3 is 2.43 bits per heavy atom. The third-order valence-corrected chi connectivity index (χ3v) is 5.65. The molecule has 1 amide bonds. The van der Waals surface area contributed by atoms with E-state index >= 15 is 0 Å². The van der Waals surface area contributed by atoms with Crippen molar-refractivity contribution >= 4 is 39.9 Å². The Labute approximate surface area is 163 Å². The molecule has 10 heteroatoms. The maximum Gasteiger partial charge on any atom is 0.341 e. The van der Waals surface area contributed by atoms with Crippen LogP contribution in [0.25, 0.3) is 0 Å². The van der Waals surface area contributed by atoms with Crippen molar-refractivity contribution in [1.29, 1.82) is 0 Å². The van der Waals surface area contributed by atoms with Crippen LogP contribution in [0, 0.1) is 10.1 Å². The fourth-order valence-electron chi connectivity index (χ4n) is 3.15. The summed E-state index contributed by atoms with van der Waals surface area (Å²) in [5.41, 5.74) is 0.732. The molecular weight excluding hydrogens is 388 g/mol. The molecule has 0 saturated heterocycles. The molecule has 1 heterocycles. The van der Waals surface area contributed by atoms with Gasteiger partial charge in [-0.3, -0.25) is 19.7 Å². The Morgan fingerprint density at radius 2 is 1.86 bits per heavy atom. The van der Waals surface area contributed by atoms with Gasteiger partial charge in [0.05, 0.1) is 30.6 Å². The Bertz CT molecular complexity index is 965. The summed E-state index contributed by atoms with van der Waals surface area (Å²) < 4.78 is 9.66. The second-order valence-electron chi connectivity index (χ2n) is 6.01. The monoisotopic (exact) mass is 404 g/mol. The number of benzene rings is 1. The summed E-state index contributed by atoms with van der Waals surface area (Å²) in [5, 5.41) is 13.7. The van der Waals surface area contributed by atoms with Gasteiger partial charge in [0.15, 0.2) is 0 Å². The molecule has 0 aliphatic heterocycles. The number of aryl methyl sites for hydroxylation is 1. The molecule has 3 rings (SSSR count). The second kappa shape index (κ2) is 7.77. The number of hydrogen-bond acceptors (Lipinski definition) is 8. The van der Waals surface area contributed by atoms with Gasteiger partial charge in [-0.25, -0.2) is 4.79 Å². The number of hydrogen-bond donors (Lipinski definition) is 1. The number of carbonyl (C=O) groups is 3. The molecule has 0 saturated carbocycles. The molecule has 0 spiro atoms. The van der Waals surface area contributed by atoms with E-state index in [4.69, 9.17) is 9.47 Å². The van der Waals surface area contributed by atoms with Gasteiger partial charge in [0.25, 0.3) is 11.6 Å². The second-order valence-corrected chi connectivity index (χ2v) is 7.11. The summed E-state index contributed by atoms with van der Waals surface area (Å²) in [7, 11) is 2.50. The van der Waals surface area contributed by atoms with Gasteiger partial charge < -0.3 is 14.8 Å². The van der Waals surface area contributed by atoms with Crippen molar-refractivity contribution in [2.45, 2.75) is 18.8 Å². The van der Waals surface area contributed by atoms with Crippen LogP contribution in [0.15, 0.2) is 24.3 Å². The van der Waals surface area contributed by atoms with Gasteiger partial charge in [0.2, 0.25) is 0 Å². The number of nitro benzene ring substituents is 1. The molecular formula is C18H16N2O7S. The Kier molecular flexibility index (Phi) is 5.41. The number of nitro groups is 1. The van der Waals surface area contributed by atoms with Gasteiger partial charge in [0.1, 0.15) is 5.00 Å². The lowest BCUT2D eigenvalue weighted by Gasteiger charge is -2.11. The minimum Gasteiger partial charge on any atom is -0.469 e. The zero-order chi connectivity index (χ0) is 20.4. The maximum atomic E-state index is 12.5. The van der Waals surface area contributed by atoms with Crippen molar-refractivity contribution in [3.05, 3.63) is 55.9 Å². The highest BCUT2D eigenvalue weighted by Gasteiger charge is 2.38. The molecule has 2 aromatic rings. The fraction of sp³-hybridized carbons (Fsp3) is 0.278. The van der Waals surface area contributed by atoms with Crippen LogP contribution < -0.4 is 5.32 Å².